The lowest BCUT2D eigenvalue weighted by Crippen LogP contribution is -2.77. The monoisotopic (exact) mass is 837 g/mol. The molecular formula is C45H84O8Si3. The summed E-state index contributed by atoms with van der Waals surface area (Å²) >= 11 is 0. The van der Waals surface area contributed by atoms with E-state index in [1.807, 2.05) is 0 Å². The molecule has 11 heteroatoms. The van der Waals surface area contributed by atoms with Crippen molar-refractivity contribution in [3.8, 4) is 0 Å². The average Bonchev–Trinajstić information content (AvgIpc) is 3.12. The fraction of sp³-hybridized carbons (Fsp3) is 0.911. The maximum absolute atomic E-state index is 7.57. The van der Waals surface area contributed by atoms with Gasteiger partial charge in [-0.25, -0.2) is 0 Å². The maximum atomic E-state index is 7.57. The van der Waals surface area contributed by atoms with E-state index in [0.717, 1.165) is 56.0 Å². The van der Waals surface area contributed by atoms with Crippen molar-refractivity contribution in [3.63, 3.8) is 0 Å². The van der Waals surface area contributed by atoms with Crippen LogP contribution in [0, 0.1) is 5.92 Å². The van der Waals surface area contributed by atoms with E-state index >= 15 is 0 Å². The molecule has 324 valence electrons. The quantitative estimate of drug-likeness (QED) is 0.127. The summed E-state index contributed by atoms with van der Waals surface area (Å²) in [6.45, 7) is 42.4. The first-order chi connectivity index (χ1) is 26.0. The van der Waals surface area contributed by atoms with Gasteiger partial charge in [0, 0.05) is 29.5 Å². The van der Waals surface area contributed by atoms with Gasteiger partial charge < -0.3 is 36.7 Å². The van der Waals surface area contributed by atoms with Gasteiger partial charge in [0.15, 0.2) is 16.6 Å². The van der Waals surface area contributed by atoms with Gasteiger partial charge in [-0.1, -0.05) is 108 Å². The Kier molecular flexibility index (Phi) is 14.5. The third-order valence-electron chi connectivity index (χ3n) is 15.1. The molecule has 5 heterocycles. The highest BCUT2D eigenvalue weighted by Gasteiger charge is 2.68. The van der Waals surface area contributed by atoms with Crippen molar-refractivity contribution in [1.82, 2.24) is 0 Å². The fourth-order valence-electron chi connectivity index (χ4n) is 11.2. The van der Waals surface area contributed by atoms with Gasteiger partial charge in [0.2, 0.25) is 0 Å². The number of ether oxygens (including phenoxy) is 4. The maximum Gasteiger partial charge on any atom is 0.349 e. The summed E-state index contributed by atoms with van der Waals surface area (Å²) in [5, 5.41) is -0.220. The lowest BCUT2D eigenvalue weighted by Gasteiger charge is -2.64. The Morgan fingerprint density at radius 3 is 2.00 bits per heavy atom. The molecule has 5 aliphatic heterocycles. The molecule has 0 amide bonds. The lowest BCUT2D eigenvalue weighted by atomic mass is 9.73. The van der Waals surface area contributed by atoms with Crippen LogP contribution in [0.4, 0.5) is 0 Å². The van der Waals surface area contributed by atoms with Crippen LogP contribution < -0.4 is 0 Å². The van der Waals surface area contributed by atoms with Crippen LogP contribution in [-0.4, -0.2) is 98.4 Å². The second kappa shape index (κ2) is 17.3. The van der Waals surface area contributed by atoms with E-state index in [-0.39, 0.29) is 58.9 Å². The molecule has 0 saturated carbocycles. The highest BCUT2D eigenvalue weighted by atomic mass is 28.4. The molecule has 0 aliphatic carbocycles. The minimum atomic E-state index is -2.70. The van der Waals surface area contributed by atoms with Gasteiger partial charge in [0.1, 0.15) is 23.9 Å². The van der Waals surface area contributed by atoms with E-state index in [4.69, 9.17) is 36.7 Å². The van der Waals surface area contributed by atoms with Gasteiger partial charge in [0.05, 0.1) is 42.7 Å². The van der Waals surface area contributed by atoms with Crippen LogP contribution in [0.25, 0.3) is 0 Å². The van der Waals surface area contributed by atoms with E-state index in [0.29, 0.717) is 12.5 Å². The molecule has 11 atom stereocenters. The zero-order valence-corrected chi connectivity index (χ0v) is 41.7. The van der Waals surface area contributed by atoms with E-state index in [1.54, 1.807) is 0 Å². The third-order valence-corrected chi connectivity index (χ3v) is 29.5. The summed E-state index contributed by atoms with van der Waals surface area (Å²) in [4.78, 5) is 0. The van der Waals surface area contributed by atoms with Crippen LogP contribution in [0.3, 0.4) is 0 Å². The van der Waals surface area contributed by atoms with Crippen molar-refractivity contribution < 1.29 is 36.7 Å². The lowest BCUT2D eigenvalue weighted by molar-refractivity contribution is -0.364. The molecule has 5 fully saturated rings. The van der Waals surface area contributed by atoms with Gasteiger partial charge in [0.25, 0.3) is 0 Å². The van der Waals surface area contributed by atoms with Crippen molar-refractivity contribution in [3.05, 3.63) is 23.8 Å². The van der Waals surface area contributed by atoms with Gasteiger partial charge in [-0.2, -0.15) is 0 Å². The first-order valence-electron chi connectivity index (χ1n) is 22.7. The van der Waals surface area contributed by atoms with Gasteiger partial charge >= 0.3 is 8.56 Å². The number of rotatable bonds is 14. The topological polar surface area (TPSA) is 73.8 Å². The van der Waals surface area contributed by atoms with E-state index in [9.17, 15) is 0 Å². The van der Waals surface area contributed by atoms with Gasteiger partial charge in [-0.15, -0.1) is 0 Å². The van der Waals surface area contributed by atoms with Crippen molar-refractivity contribution in [1.29, 1.82) is 0 Å². The molecule has 0 aromatic rings. The van der Waals surface area contributed by atoms with Crippen LogP contribution in [0.2, 0.25) is 46.3 Å². The van der Waals surface area contributed by atoms with Gasteiger partial charge in [-0.3, -0.25) is 0 Å². The molecule has 5 saturated heterocycles. The molecular weight excluding hydrogens is 753 g/mol. The van der Waals surface area contributed by atoms with Gasteiger partial charge in [-0.05, 0) is 81.4 Å². The first kappa shape index (κ1) is 46.9. The second-order valence-corrected chi connectivity index (χ2v) is 35.2. The number of hydrogen-bond donors (Lipinski definition) is 0. The molecule has 8 nitrogen and oxygen atoms in total. The largest absolute Gasteiger partial charge is 0.416 e. The van der Waals surface area contributed by atoms with Crippen LogP contribution in [0.1, 0.15) is 136 Å². The van der Waals surface area contributed by atoms with Crippen LogP contribution in [-0.2, 0) is 36.7 Å². The van der Waals surface area contributed by atoms with Crippen molar-refractivity contribution >= 4 is 25.2 Å². The van der Waals surface area contributed by atoms with Crippen molar-refractivity contribution in [2.75, 3.05) is 13.2 Å². The predicted octanol–water partition coefficient (Wildman–Crippen LogP) is 11.4. The molecule has 0 aromatic heterocycles. The summed E-state index contributed by atoms with van der Waals surface area (Å²) in [5.41, 5.74) is 1.20. The van der Waals surface area contributed by atoms with Crippen LogP contribution in [0.15, 0.2) is 23.8 Å². The summed E-state index contributed by atoms with van der Waals surface area (Å²) in [6, 6.07) is 6.70. The minimum Gasteiger partial charge on any atom is -0.416 e. The summed E-state index contributed by atoms with van der Waals surface area (Å²) in [7, 11) is -6.41. The Morgan fingerprint density at radius 1 is 0.857 bits per heavy atom. The van der Waals surface area contributed by atoms with E-state index < -0.39 is 36.4 Å². The van der Waals surface area contributed by atoms with E-state index in [2.05, 4.69) is 123 Å². The molecule has 0 unspecified atom stereocenters. The highest BCUT2D eigenvalue weighted by molar-refractivity contribution is 6.74. The Morgan fingerprint density at radius 2 is 1.45 bits per heavy atom. The van der Waals surface area contributed by atoms with Crippen molar-refractivity contribution in [2.45, 2.75) is 243 Å². The molecule has 0 N–H and O–H groups in total. The van der Waals surface area contributed by atoms with Crippen LogP contribution >= 0.6 is 0 Å². The molecule has 56 heavy (non-hydrogen) atoms. The number of hydrogen-bond acceptors (Lipinski definition) is 8. The Hall–Kier alpha value is -0.189. The van der Waals surface area contributed by atoms with E-state index in [1.165, 1.54) is 23.7 Å². The first-order valence-corrected chi connectivity index (χ1v) is 29.6. The Balaban J connectivity index is 1.39. The zero-order chi connectivity index (χ0) is 41.7. The molecule has 5 aliphatic rings. The second-order valence-electron chi connectivity index (χ2n) is 20.9. The van der Waals surface area contributed by atoms with Crippen molar-refractivity contribution in [2.24, 2.45) is 5.92 Å². The predicted molar refractivity (Wildman–Crippen MR) is 236 cm³/mol. The smallest absolute Gasteiger partial charge is 0.349 e. The standard InChI is InChI=1S/C45H84O8Si3/c1-18-54(19-2,20-3)46-29-32(8)24-31(7)25-34-33(9)26-38-44(16,50-34)28-36-40(49-38)41(53-55(21-4,22-5)23-6)45(17)39(48-36)27-35-37(51-45)30-47-56(52-35,42(10,11)12)43(13,14)15/h24,32,34-41H,9,18-23,25-30H2,1-8,10-17H3/b31-24+/t32-,34+,35+,36+,37-,38+,39-,40+,41-,44-,45-/m1/s1. The third kappa shape index (κ3) is 8.77. The normalized spacial score (nSPS) is 37.3. The molecule has 0 radical (unpaired) electrons. The number of fused-ring (bicyclic) bond motifs is 4. The highest BCUT2D eigenvalue weighted by Crippen LogP contribution is 2.57. The summed E-state index contributed by atoms with van der Waals surface area (Å²) in [5.74, 6) is 0.356. The molecule has 5 rings (SSSR count). The minimum absolute atomic E-state index is 0.0697. The summed E-state index contributed by atoms with van der Waals surface area (Å²) in [6.07, 6.45) is 4.02. The SMILES string of the molecule is C=C1C[C@@H]2O[C@H]3[C@H](C[C@@]2(C)O[C@H]1C/C(C)=C/[C@@H](C)CO[Si](CC)(CC)CC)O[C@@H]1C[C@@H]2O[Si](C(C)(C)C)(C(C)(C)C)OC[C@H]2O[C@@]1(C)[C@@H]3O[Si](CC)(CC)CC. The Bertz CT molecular complexity index is 1350. The summed E-state index contributed by atoms with van der Waals surface area (Å²) < 4.78 is 57.4. The fourth-order valence-corrected chi connectivity index (χ4v) is 21.8. The molecule has 0 bridgehead atoms. The molecule has 0 spiro atoms. The Labute approximate surface area is 346 Å². The molecule has 0 aromatic carbocycles. The van der Waals surface area contributed by atoms with Crippen LogP contribution in [0.5, 0.6) is 0 Å². The zero-order valence-electron chi connectivity index (χ0n) is 38.7. The average molecular weight is 837 g/mol.